The molecule has 0 N–H and O–H groups in total. The molecule has 1 atom stereocenters. The maximum Gasteiger partial charge on any atom is 0.133 e. The van der Waals surface area contributed by atoms with Crippen molar-refractivity contribution in [2.24, 2.45) is 29.1 Å². The van der Waals surface area contributed by atoms with E-state index in [-0.39, 0.29) is 5.54 Å². The third-order valence-corrected chi connectivity index (χ3v) is 8.55. The zero-order valence-electron chi connectivity index (χ0n) is 17.3. The molecule has 1 aliphatic heterocycles. The topological polar surface area (TPSA) is 29.5 Å². The smallest absolute Gasteiger partial charge is 0.133 e. The molecule has 0 aromatic carbocycles. The van der Waals surface area contributed by atoms with E-state index in [0.29, 0.717) is 17.1 Å². The van der Waals surface area contributed by atoms with Gasteiger partial charge in [0.05, 0.1) is 13.2 Å². The number of ketones is 1. The predicted molar refractivity (Wildman–Crippen MR) is 105 cm³/mol. The number of rotatable bonds is 7. The van der Waals surface area contributed by atoms with Crippen LogP contribution in [0, 0.1) is 29.1 Å². The first kappa shape index (κ1) is 18.9. The fraction of sp³-hybridized carbons (Fsp3) is 0.957. The molecule has 5 fully saturated rings. The van der Waals surface area contributed by atoms with Crippen LogP contribution in [0.5, 0.6) is 0 Å². The normalized spacial score (nSPS) is 38.5. The quantitative estimate of drug-likeness (QED) is 0.659. The number of nitrogens with zero attached hydrogens (tertiary/aromatic N) is 1. The van der Waals surface area contributed by atoms with E-state index in [9.17, 15) is 4.79 Å². The van der Waals surface area contributed by atoms with Crippen molar-refractivity contribution in [1.82, 2.24) is 4.90 Å². The molecule has 4 saturated carbocycles. The number of carbonyl (C=O) groups is 1. The molecule has 0 spiro atoms. The Kier molecular flexibility index (Phi) is 5.24. The Hall–Kier alpha value is -0.410. The average molecular weight is 362 g/mol. The summed E-state index contributed by atoms with van der Waals surface area (Å²) in [7, 11) is 0. The summed E-state index contributed by atoms with van der Waals surface area (Å²) >= 11 is 0. The first-order chi connectivity index (χ1) is 12.4. The maximum atomic E-state index is 12.8. The van der Waals surface area contributed by atoms with Crippen LogP contribution >= 0.6 is 0 Å². The molecule has 0 amide bonds. The molecule has 148 valence electrons. The van der Waals surface area contributed by atoms with E-state index in [1.165, 1.54) is 38.5 Å². The van der Waals surface area contributed by atoms with E-state index in [2.05, 4.69) is 25.7 Å². The van der Waals surface area contributed by atoms with Gasteiger partial charge in [-0.05, 0) is 87.9 Å². The molecule has 4 bridgehead atoms. The SMILES string of the molecule is CC(CC(=O)CCC(C)(C)N1CCOCC1)C12CC3CC(CC(C3)C1)C2. The van der Waals surface area contributed by atoms with Crippen molar-refractivity contribution < 1.29 is 9.53 Å². The van der Waals surface area contributed by atoms with Gasteiger partial charge in [-0.1, -0.05) is 6.92 Å². The Morgan fingerprint density at radius 2 is 1.62 bits per heavy atom. The zero-order valence-corrected chi connectivity index (χ0v) is 17.3. The molecular formula is C23H39NO2. The van der Waals surface area contributed by atoms with E-state index in [0.717, 1.165) is 63.3 Å². The van der Waals surface area contributed by atoms with Crippen LogP contribution < -0.4 is 0 Å². The lowest BCUT2D eigenvalue weighted by atomic mass is 9.46. The predicted octanol–water partition coefficient (Wildman–Crippen LogP) is 4.69. The molecule has 1 saturated heterocycles. The van der Waals surface area contributed by atoms with Crippen LogP contribution in [0.15, 0.2) is 0 Å². The minimum absolute atomic E-state index is 0.114. The lowest BCUT2D eigenvalue weighted by Crippen LogP contribution is -2.50. The number of morpholine rings is 1. The van der Waals surface area contributed by atoms with Crippen molar-refractivity contribution in [2.75, 3.05) is 26.3 Å². The number of carbonyl (C=O) groups excluding carboxylic acids is 1. The first-order valence-corrected chi connectivity index (χ1v) is 11.2. The monoisotopic (exact) mass is 361 g/mol. The lowest BCUT2D eigenvalue weighted by Gasteiger charge is -2.59. The highest BCUT2D eigenvalue weighted by Crippen LogP contribution is 2.63. The molecule has 1 unspecified atom stereocenters. The second-order valence-electron chi connectivity index (χ2n) is 10.8. The highest BCUT2D eigenvalue weighted by atomic mass is 16.5. The van der Waals surface area contributed by atoms with Crippen molar-refractivity contribution in [2.45, 2.75) is 84.1 Å². The molecule has 1 heterocycles. The second-order valence-corrected chi connectivity index (χ2v) is 10.8. The van der Waals surface area contributed by atoms with Crippen molar-refractivity contribution in [1.29, 1.82) is 0 Å². The van der Waals surface area contributed by atoms with Crippen molar-refractivity contribution in [3.63, 3.8) is 0 Å². The van der Waals surface area contributed by atoms with Gasteiger partial charge in [-0.3, -0.25) is 9.69 Å². The fourth-order valence-electron chi connectivity index (χ4n) is 7.21. The minimum Gasteiger partial charge on any atom is -0.379 e. The summed E-state index contributed by atoms with van der Waals surface area (Å²) in [5.74, 6) is 4.06. The van der Waals surface area contributed by atoms with Crippen LogP contribution in [0.1, 0.15) is 78.6 Å². The van der Waals surface area contributed by atoms with Crippen molar-refractivity contribution >= 4 is 5.78 Å². The van der Waals surface area contributed by atoms with Crippen LogP contribution in [0.2, 0.25) is 0 Å². The van der Waals surface area contributed by atoms with E-state index in [4.69, 9.17) is 4.74 Å². The number of Topliss-reactive ketones (excluding diaryl/α,β-unsaturated/α-hetero) is 1. The van der Waals surface area contributed by atoms with E-state index < -0.39 is 0 Å². The number of ether oxygens (including phenoxy) is 1. The summed E-state index contributed by atoms with van der Waals surface area (Å²) in [6, 6.07) is 0. The van der Waals surface area contributed by atoms with Gasteiger partial charge in [-0.25, -0.2) is 0 Å². The van der Waals surface area contributed by atoms with Gasteiger partial charge in [0.1, 0.15) is 5.78 Å². The van der Waals surface area contributed by atoms with Gasteiger partial charge < -0.3 is 4.74 Å². The fourth-order valence-corrected chi connectivity index (χ4v) is 7.21. The Bertz CT molecular complexity index is 485. The first-order valence-electron chi connectivity index (χ1n) is 11.2. The summed E-state index contributed by atoms with van der Waals surface area (Å²) in [6.07, 6.45) is 11.3. The lowest BCUT2D eigenvalue weighted by molar-refractivity contribution is -0.126. The van der Waals surface area contributed by atoms with Crippen molar-refractivity contribution in [3.8, 4) is 0 Å². The Morgan fingerprint density at radius 3 is 2.15 bits per heavy atom. The minimum atomic E-state index is 0.114. The summed E-state index contributed by atoms with van der Waals surface area (Å²) < 4.78 is 5.48. The molecule has 3 heteroatoms. The van der Waals surface area contributed by atoms with Crippen LogP contribution in [0.4, 0.5) is 0 Å². The Labute approximate surface area is 160 Å². The van der Waals surface area contributed by atoms with Crippen LogP contribution in [-0.4, -0.2) is 42.5 Å². The molecular weight excluding hydrogens is 322 g/mol. The summed E-state index contributed by atoms with van der Waals surface area (Å²) in [6.45, 7) is 10.7. The van der Waals surface area contributed by atoms with Gasteiger partial charge in [0.15, 0.2) is 0 Å². The highest BCUT2D eigenvalue weighted by Gasteiger charge is 2.53. The molecule has 3 nitrogen and oxygen atoms in total. The van der Waals surface area contributed by atoms with Gasteiger partial charge in [0.25, 0.3) is 0 Å². The molecule has 5 aliphatic rings. The van der Waals surface area contributed by atoms with Gasteiger partial charge in [-0.15, -0.1) is 0 Å². The van der Waals surface area contributed by atoms with E-state index in [1.807, 2.05) is 0 Å². The number of hydrogen-bond donors (Lipinski definition) is 0. The molecule has 26 heavy (non-hydrogen) atoms. The molecule has 5 rings (SSSR count). The summed E-state index contributed by atoms with van der Waals surface area (Å²) in [4.78, 5) is 15.3. The Balaban J connectivity index is 1.29. The highest BCUT2D eigenvalue weighted by molar-refractivity contribution is 5.78. The van der Waals surface area contributed by atoms with Gasteiger partial charge in [-0.2, -0.15) is 0 Å². The second kappa shape index (κ2) is 7.20. The van der Waals surface area contributed by atoms with Crippen LogP contribution in [0.25, 0.3) is 0 Å². The van der Waals surface area contributed by atoms with Crippen molar-refractivity contribution in [3.05, 3.63) is 0 Å². The largest absolute Gasteiger partial charge is 0.379 e. The molecule has 0 aromatic rings. The standard InChI is InChI=1S/C23H39NO2/c1-17(23-14-18-11-19(15-23)13-20(12-18)16-23)10-21(25)4-5-22(2,3)24-6-8-26-9-7-24/h17-20H,4-16H2,1-3H3. The Morgan fingerprint density at radius 1 is 1.08 bits per heavy atom. The third kappa shape index (κ3) is 3.76. The average Bonchev–Trinajstić information content (AvgIpc) is 2.60. The van der Waals surface area contributed by atoms with E-state index >= 15 is 0 Å². The maximum absolute atomic E-state index is 12.8. The summed E-state index contributed by atoms with van der Waals surface area (Å²) in [5, 5.41) is 0. The van der Waals surface area contributed by atoms with Crippen LogP contribution in [0.3, 0.4) is 0 Å². The number of hydrogen-bond acceptors (Lipinski definition) is 3. The van der Waals surface area contributed by atoms with Gasteiger partial charge >= 0.3 is 0 Å². The zero-order chi connectivity index (χ0) is 18.4. The molecule has 0 radical (unpaired) electrons. The van der Waals surface area contributed by atoms with Gasteiger partial charge in [0, 0.05) is 31.5 Å². The van der Waals surface area contributed by atoms with Gasteiger partial charge in [0.2, 0.25) is 0 Å². The summed E-state index contributed by atoms with van der Waals surface area (Å²) in [5.41, 5.74) is 0.632. The van der Waals surface area contributed by atoms with Crippen LogP contribution in [-0.2, 0) is 9.53 Å². The van der Waals surface area contributed by atoms with E-state index in [1.54, 1.807) is 0 Å². The molecule has 0 aromatic heterocycles. The molecule has 4 aliphatic carbocycles. The third-order valence-electron chi connectivity index (χ3n) is 8.55.